The lowest BCUT2D eigenvalue weighted by Gasteiger charge is -2.32. The van der Waals surface area contributed by atoms with Gasteiger partial charge in [0.15, 0.2) is 5.82 Å². The van der Waals surface area contributed by atoms with Crippen LogP contribution in [0.1, 0.15) is 30.2 Å². The Morgan fingerprint density at radius 2 is 1.47 bits per heavy atom. The van der Waals surface area contributed by atoms with Gasteiger partial charge >= 0.3 is 0 Å². The molecule has 4 aromatic rings. The third-order valence-corrected chi connectivity index (χ3v) is 6.32. The molecule has 1 aromatic heterocycles. The van der Waals surface area contributed by atoms with Crippen molar-refractivity contribution in [2.24, 2.45) is 4.99 Å². The second kappa shape index (κ2) is 8.73. The van der Waals surface area contributed by atoms with Crippen LogP contribution in [0, 0.1) is 27.2 Å². The number of nitro benzene ring substituents is 2. The summed E-state index contributed by atoms with van der Waals surface area (Å²) in [5.41, 5.74) is 3.81. The van der Waals surface area contributed by atoms with E-state index in [0.29, 0.717) is 29.3 Å². The molecule has 0 saturated carbocycles. The zero-order valence-corrected chi connectivity index (χ0v) is 19.6. The molecular formula is C26H22N6O4. The minimum atomic E-state index is -0.722. The fourth-order valence-electron chi connectivity index (χ4n) is 4.40. The number of non-ortho nitro benzene ring substituents is 2. The van der Waals surface area contributed by atoms with Crippen LogP contribution in [0.3, 0.4) is 0 Å². The lowest BCUT2D eigenvalue weighted by atomic mass is 9.85. The van der Waals surface area contributed by atoms with E-state index in [2.05, 4.69) is 5.32 Å². The maximum Gasteiger partial charge on any atom is 0.269 e. The average Bonchev–Trinajstić information content (AvgIpc) is 3.08. The molecule has 1 N–H and O–H groups in total. The number of hydrogen-bond acceptors (Lipinski definition) is 7. The first-order valence-electron chi connectivity index (χ1n) is 11.3. The van der Waals surface area contributed by atoms with Gasteiger partial charge in [0.25, 0.3) is 11.4 Å². The van der Waals surface area contributed by atoms with Crippen molar-refractivity contribution in [3.63, 3.8) is 0 Å². The Hall–Kier alpha value is -4.86. The molecule has 10 heteroatoms. The summed E-state index contributed by atoms with van der Waals surface area (Å²) in [5.74, 6) is 0.691. The van der Waals surface area contributed by atoms with Crippen molar-refractivity contribution in [1.29, 1.82) is 0 Å². The number of aliphatic imine (C=N–C) groups is 1. The largest absolute Gasteiger partial charge is 0.359 e. The maximum atomic E-state index is 11.2. The predicted octanol–water partition coefficient (Wildman–Crippen LogP) is 5.85. The number of rotatable bonds is 5. The zero-order valence-electron chi connectivity index (χ0n) is 19.6. The first-order chi connectivity index (χ1) is 17.2. The van der Waals surface area contributed by atoms with Crippen molar-refractivity contribution < 1.29 is 9.85 Å². The first-order valence-corrected chi connectivity index (χ1v) is 11.3. The van der Waals surface area contributed by atoms with Crippen LogP contribution in [0.25, 0.3) is 5.69 Å². The molecule has 0 aliphatic carbocycles. The Bertz CT molecular complexity index is 1490. The van der Waals surface area contributed by atoms with Gasteiger partial charge in [0, 0.05) is 30.7 Å². The highest BCUT2D eigenvalue weighted by Crippen LogP contribution is 2.42. The Balaban J connectivity index is 1.68. The minimum Gasteiger partial charge on any atom is -0.359 e. The summed E-state index contributed by atoms with van der Waals surface area (Å²) in [6.45, 7) is 3.88. The Morgan fingerprint density at radius 1 is 0.889 bits per heavy atom. The van der Waals surface area contributed by atoms with Crippen molar-refractivity contribution in [2.75, 3.05) is 5.32 Å². The summed E-state index contributed by atoms with van der Waals surface area (Å²) in [6, 6.07) is 22.4. The van der Waals surface area contributed by atoms with Crippen molar-refractivity contribution in [3.05, 3.63) is 116 Å². The molecule has 36 heavy (non-hydrogen) atoms. The highest BCUT2D eigenvalue weighted by Gasteiger charge is 2.35. The summed E-state index contributed by atoms with van der Waals surface area (Å²) < 4.78 is 1.80. The van der Waals surface area contributed by atoms with Crippen molar-refractivity contribution in [2.45, 2.75) is 25.8 Å². The third-order valence-electron chi connectivity index (χ3n) is 6.32. The molecule has 0 fully saturated rings. The molecule has 0 radical (unpaired) electrons. The molecular weight excluding hydrogens is 460 g/mol. The molecule has 0 spiro atoms. The van der Waals surface area contributed by atoms with Gasteiger partial charge in [-0.1, -0.05) is 18.2 Å². The van der Waals surface area contributed by atoms with Crippen LogP contribution in [0.15, 0.2) is 83.9 Å². The fraction of sp³-hybridized carbons (Fsp3) is 0.154. The quantitative estimate of drug-likeness (QED) is 0.281. The number of nitrogens with zero attached hydrogens (tertiary/aromatic N) is 5. The van der Waals surface area contributed by atoms with E-state index in [1.165, 1.54) is 24.3 Å². The van der Waals surface area contributed by atoms with Crippen LogP contribution < -0.4 is 5.32 Å². The van der Waals surface area contributed by atoms with Gasteiger partial charge < -0.3 is 5.32 Å². The number of nitrogens with one attached hydrogen (secondary N) is 1. The predicted molar refractivity (Wildman–Crippen MR) is 136 cm³/mol. The van der Waals surface area contributed by atoms with E-state index in [9.17, 15) is 20.2 Å². The Labute approximate surface area is 206 Å². The zero-order chi connectivity index (χ0) is 25.4. The first kappa shape index (κ1) is 22.9. The number of aromatic nitrogens is 2. The number of benzene rings is 3. The molecule has 5 rings (SSSR count). The molecule has 0 amide bonds. The highest BCUT2D eigenvalue weighted by atomic mass is 16.6. The summed E-state index contributed by atoms with van der Waals surface area (Å²) >= 11 is 0. The molecule has 0 unspecified atom stereocenters. The van der Waals surface area contributed by atoms with Gasteiger partial charge in [0.2, 0.25) is 0 Å². The molecule has 3 aromatic carbocycles. The topological polar surface area (TPSA) is 128 Å². The number of hydrogen-bond donors (Lipinski definition) is 1. The van der Waals surface area contributed by atoms with E-state index < -0.39 is 15.4 Å². The van der Waals surface area contributed by atoms with Crippen molar-refractivity contribution in [3.8, 4) is 5.69 Å². The van der Waals surface area contributed by atoms with Crippen molar-refractivity contribution in [1.82, 2.24) is 9.78 Å². The van der Waals surface area contributed by atoms with E-state index in [4.69, 9.17) is 10.1 Å². The molecule has 1 atom stereocenters. The van der Waals surface area contributed by atoms with E-state index in [1.54, 1.807) is 28.9 Å². The second-order valence-electron chi connectivity index (χ2n) is 8.83. The summed E-state index contributed by atoms with van der Waals surface area (Å²) in [7, 11) is 0. The molecule has 180 valence electrons. The van der Waals surface area contributed by atoms with E-state index >= 15 is 0 Å². The monoisotopic (exact) mass is 482 g/mol. The standard InChI is InChI=1S/C26H22N6O4/c1-17-24-25(30(29-17)20-6-4-3-5-7-20)28-26(2,19-10-14-22(15-11-19)32(35)36)16-23(27-24)18-8-12-21(13-9-18)31(33)34/h3-15,28H,16H2,1-2H3/t26-/m1/s1. The van der Waals surface area contributed by atoms with Crippen LogP contribution >= 0.6 is 0 Å². The van der Waals surface area contributed by atoms with Gasteiger partial charge in [-0.25, -0.2) is 9.67 Å². The van der Waals surface area contributed by atoms with Crippen LogP contribution in [0.5, 0.6) is 0 Å². The lowest BCUT2D eigenvalue weighted by Crippen LogP contribution is -2.34. The lowest BCUT2D eigenvalue weighted by molar-refractivity contribution is -0.385. The van der Waals surface area contributed by atoms with Gasteiger partial charge in [-0.3, -0.25) is 20.2 Å². The summed E-state index contributed by atoms with van der Waals surface area (Å²) in [4.78, 5) is 26.5. The number of para-hydroxylation sites is 1. The second-order valence-corrected chi connectivity index (χ2v) is 8.83. The normalized spacial score (nSPS) is 16.9. The van der Waals surface area contributed by atoms with Crippen LogP contribution in [0.4, 0.5) is 22.9 Å². The molecule has 0 saturated heterocycles. The minimum absolute atomic E-state index is 0.00186. The SMILES string of the molecule is Cc1nn(-c2ccccc2)c2c1N=C(c1ccc([N+](=O)[O-])cc1)C[C@](C)(c1ccc([N+](=O)[O-])cc1)N2. The van der Waals surface area contributed by atoms with Crippen molar-refractivity contribution >= 4 is 28.6 Å². The number of aryl methyl sites for hydroxylation is 1. The summed E-state index contributed by atoms with van der Waals surface area (Å²) in [5, 5.41) is 30.7. The maximum absolute atomic E-state index is 11.2. The Morgan fingerprint density at radius 3 is 2.06 bits per heavy atom. The Kier molecular flexibility index (Phi) is 5.56. The molecule has 0 bridgehead atoms. The van der Waals surface area contributed by atoms with Gasteiger partial charge in [0.1, 0.15) is 5.69 Å². The highest BCUT2D eigenvalue weighted by molar-refractivity contribution is 6.04. The van der Waals surface area contributed by atoms with Gasteiger partial charge in [-0.15, -0.1) is 0 Å². The van der Waals surface area contributed by atoms with Gasteiger partial charge in [0.05, 0.1) is 32.5 Å². The van der Waals surface area contributed by atoms with Crippen LogP contribution in [-0.4, -0.2) is 25.3 Å². The number of nitro groups is 2. The van der Waals surface area contributed by atoms with E-state index in [-0.39, 0.29) is 11.4 Å². The number of fused-ring (bicyclic) bond motifs is 1. The smallest absolute Gasteiger partial charge is 0.269 e. The third kappa shape index (κ3) is 4.09. The van der Waals surface area contributed by atoms with Crippen LogP contribution in [-0.2, 0) is 5.54 Å². The average molecular weight is 483 g/mol. The molecule has 10 nitrogen and oxygen atoms in total. The van der Waals surface area contributed by atoms with Gasteiger partial charge in [-0.05, 0) is 61.4 Å². The molecule has 1 aliphatic heterocycles. The number of anilines is 1. The molecule has 1 aliphatic rings. The van der Waals surface area contributed by atoms with Gasteiger partial charge in [-0.2, -0.15) is 5.10 Å². The van der Waals surface area contributed by atoms with E-state index in [0.717, 1.165) is 16.8 Å². The summed E-state index contributed by atoms with van der Waals surface area (Å²) in [6.07, 6.45) is 0.422. The molecule has 2 heterocycles. The van der Waals surface area contributed by atoms with Crippen LogP contribution in [0.2, 0.25) is 0 Å². The van der Waals surface area contributed by atoms with E-state index in [1.807, 2.05) is 44.2 Å². The fourth-order valence-corrected chi connectivity index (χ4v) is 4.40.